The van der Waals surface area contributed by atoms with Crippen molar-refractivity contribution >= 4 is 17.4 Å². The first kappa shape index (κ1) is 11.7. The minimum atomic E-state index is -0.260. The summed E-state index contributed by atoms with van der Waals surface area (Å²) in [4.78, 5) is 0.773. The highest BCUT2D eigenvalue weighted by atomic mass is 32.2. The number of halogens is 1. The van der Waals surface area contributed by atoms with Crippen molar-refractivity contribution in [3.8, 4) is 0 Å². The van der Waals surface area contributed by atoms with Crippen molar-refractivity contribution in [2.75, 3.05) is 24.9 Å². The molecule has 0 aliphatic carbocycles. The van der Waals surface area contributed by atoms with Crippen LogP contribution in [0, 0.1) is 5.82 Å². The van der Waals surface area contributed by atoms with Crippen LogP contribution in [0.25, 0.3) is 0 Å². The van der Waals surface area contributed by atoms with Crippen LogP contribution in [0.1, 0.15) is 6.42 Å². The summed E-state index contributed by atoms with van der Waals surface area (Å²) in [5.74, 6) is 0.515. The normalized spacial score (nSPS) is 20.9. The van der Waals surface area contributed by atoms with Gasteiger partial charge in [-0.15, -0.1) is 11.8 Å². The molecule has 3 nitrogen and oxygen atoms in total. The molecule has 1 aromatic rings. The molecule has 16 heavy (non-hydrogen) atoms. The van der Waals surface area contributed by atoms with Crippen molar-refractivity contribution in [2.45, 2.75) is 17.4 Å². The third-order valence-corrected chi connectivity index (χ3v) is 3.57. The van der Waals surface area contributed by atoms with Crippen LogP contribution < -0.4 is 5.73 Å². The molecule has 0 spiro atoms. The largest absolute Gasteiger partial charge is 0.398 e. The third kappa shape index (κ3) is 3.10. The average molecular weight is 243 g/mol. The fourth-order valence-corrected chi connectivity index (χ4v) is 2.51. The van der Waals surface area contributed by atoms with E-state index in [1.807, 2.05) is 0 Å². The molecule has 1 unspecified atom stereocenters. The molecule has 88 valence electrons. The number of ether oxygens (including phenoxy) is 2. The molecule has 0 amide bonds. The Hall–Kier alpha value is -0.780. The highest BCUT2D eigenvalue weighted by Crippen LogP contribution is 2.27. The minimum Gasteiger partial charge on any atom is -0.398 e. The maximum Gasteiger partial charge on any atom is 0.147 e. The molecular formula is C11H14FNO2S. The molecule has 5 heteroatoms. The van der Waals surface area contributed by atoms with Crippen LogP contribution in [0.4, 0.5) is 10.1 Å². The molecule has 1 atom stereocenters. The zero-order valence-electron chi connectivity index (χ0n) is 8.82. The Labute approximate surface area is 98.1 Å². The van der Waals surface area contributed by atoms with Crippen LogP contribution >= 0.6 is 11.8 Å². The Bertz CT molecular complexity index is 356. The molecule has 1 saturated heterocycles. The molecule has 0 bridgehead atoms. The average Bonchev–Trinajstić information content (AvgIpc) is 2.32. The van der Waals surface area contributed by atoms with Crippen LogP contribution in [-0.2, 0) is 9.47 Å². The highest BCUT2D eigenvalue weighted by Gasteiger charge is 2.15. The number of anilines is 1. The number of hydrogen-bond acceptors (Lipinski definition) is 4. The molecule has 2 N–H and O–H groups in total. The van der Waals surface area contributed by atoms with Crippen molar-refractivity contribution < 1.29 is 13.9 Å². The molecule has 1 aliphatic rings. The highest BCUT2D eigenvalue weighted by molar-refractivity contribution is 7.99. The third-order valence-electron chi connectivity index (χ3n) is 2.37. The Morgan fingerprint density at radius 3 is 3.12 bits per heavy atom. The van der Waals surface area contributed by atoms with Gasteiger partial charge in [-0.05, 0) is 24.6 Å². The van der Waals surface area contributed by atoms with Crippen LogP contribution in [0.15, 0.2) is 23.1 Å². The second-order valence-electron chi connectivity index (χ2n) is 3.60. The summed E-state index contributed by atoms with van der Waals surface area (Å²) in [5, 5.41) is 0. The van der Waals surface area contributed by atoms with E-state index in [2.05, 4.69) is 0 Å². The van der Waals surface area contributed by atoms with E-state index in [9.17, 15) is 4.39 Å². The van der Waals surface area contributed by atoms with Gasteiger partial charge >= 0.3 is 0 Å². The van der Waals surface area contributed by atoms with Gasteiger partial charge in [-0.25, -0.2) is 4.39 Å². The first-order chi connectivity index (χ1) is 7.75. The lowest BCUT2D eigenvalue weighted by Gasteiger charge is -2.22. The number of hydrogen-bond donors (Lipinski definition) is 1. The summed E-state index contributed by atoms with van der Waals surface area (Å²) in [6.45, 7) is 1.08. The van der Waals surface area contributed by atoms with E-state index in [-0.39, 0.29) is 11.9 Å². The Balaban J connectivity index is 1.90. The zero-order valence-corrected chi connectivity index (χ0v) is 9.63. The van der Waals surface area contributed by atoms with Gasteiger partial charge in [-0.1, -0.05) is 0 Å². The lowest BCUT2D eigenvalue weighted by atomic mass is 10.3. The fraction of sp³-hybridized carbons (Fsp3) is 0.455. The smallest absolute Gasteiger partial charge is 0.147 e. The molecule has 2 rings (SSSR count). The minimum absolute atomic E-state index is 0.168. The van der Waals surface area contributed by atoms with Crippen molar-refractivity contribution in [1.29, 1.82) is 0 Å². The molecule has 0 saturated carbocycles. The summed E-state index contributed by atoms with van der Waals surface area (Å²) < 4.78 is 23.5. The SMILES string of the molecule is Nc1ccc(F)cc1SCC1CCOCO1. The van der Waals surface area contributed by atoms with Crippen molar-refractivity contribution in [3.63, 3.8) is 0 Å². The van der Waals surface area contributed by atoms with Gasteiger partial charge in [0.25, 0.3) is 0 Å². The number of nitrogens with two attached hydrogens (primary N) is 1. The zero-order chi connectivity index (χ0) is 11.4. The van der Waals surface area contributed by atoms with E-state index >= 15 is 0 Å². The summed E-state index contributed by atoms with van der Waals surface area (Å²) >= 11 is 1.52. The van der Waals surface area contributed by atoms with Gasteiger partial charge in [0.05, 0.1) is 12.7 Å². The molecule has 0 radical (unpaired) electrons. The Kier molecular flexibility index (Phi) is 4.04. The van der Waals surface area contributed by atoms with E-state index in [1.165, 1.54) is 23.9 Å². The van der Waals surface area contributed by atoms with Gasteiger partial charge in [-0.2, -0.15) is 0 Å². The van der Waals surface area contributed by atoms with Crippen molar-refractivity contribution in [2.24, 2.45) is 0 Å². The second kappa shape index (κ2) is 5.52. The van der Waals surface area contributed by atoms with E-state index in [0.29, 0.717) is 12.5 Å². The predicted molar refractivity (Wildman–Crippen MR) is 61.8 cm³/mol. The molecule has 1 heterocycles. The topological polar surface area (TPSA) is 44.5 Å². The lowest BCUT2D eigenvalue weighted by molar-refractivity contribution is -0.130. The number of benzene rings is 1. The van der Waals surface area contributed by atoms with Crippen LogP contribution in [0.5, 0.6) is 0 Å². The number of nitrogen functional groups attached to an aromatic ring is 1. The first-order valence-corrected chi connectivity index (χ1v) is 6.11. The quantitative estimate of drug-likeness (QED) is 0.653. The molecule has 1 aromatic carbocycles. The maximum atomic E-state index is 13.0. The first-order valence-electron chi connectivity index (χ1n) is 5.13. The Morgan fingerprint density at radius 1 is 1.50 bits per heavy atom. The summed E-state index contributed by atoms with van der Waals surface area (Å²) in [7, 11) is 0. The van der Waals surface area contributed by atoms with Gasteiger partial charge in [0.1, 0.15) is 12.6 Å². The van der Waals surface area contributed by atoms with Gasteiger partial charge < -0.3 is 15.2 Å². The molecular weight excluding hydrogens is 229 g/mol. The van der Waals surface area contributed by atoms with Crippen LogP contribution in [0.2, 0.25) is 0 Å². The number of rotatable bonds is 3. The number of thioether (sulfide) groups is 1. The van der Waals surface area contributed by atoms with Crippen LogP contribution in [0.3, 0.4) is 0 Å². The van der Waals surface area contributed by atoms with Gasteiger partial charge in [-0.3, -0.25) is 0 Å². The predicted octanol–water partition coefficient (Wildman–Crippen LogP) is 2.26. The maximum absolute atomic E-state index is 13.0. The van der Waals surface area contributed by atoms with Crippen molar-refractivity contribution in [3.05, 3.63) is 24.0 Å². The van der Waals surface area contributed by atoms with Gasteiger partial charge in [0.2, 0.25) is 0 Å². The monoisotopic (exact) mass is 243 g/mol. The molecule has 1 fully saturated rings. The lowest BCUT2D eigenvalue weighted by Crippen LogP contribution is -2.25. The standard InChI is InChI=1S/C11H14FNO2S/c12-8-1-2-10(13)11(5-8)16-6-9-3-4-14-7-15-9/h1-2,5,9H,3-4,6-7,13H2. The van der Waals surface area contributed by atoms with E-state index < -0.39 is 0 Å². The van der Waals surface area contributed by atoms with Crippen molar-refractivity contribution in [1.82, 2.24) is 0 Å². The van der Waals surface area contributed by atoms with Crippen LogP contribution in [-0.4, -0.2) is 25.3 Å². The molecule has 1 aliphatic heterocycles. The van der Waals surface area contributed by atoms with E-state index in [4.69, 9.17) is 15.2 Å². The summed E-state index contributed by atoms with van der Waals surface area (Å²) in [5.41, 5.74) is 6.36. The van der Waals surface area contributed by atoms with E-state index in [0.717, 1.165) is 23.7 Å². The van der Waals surface area contributed by atoms with E-state index in [1.54, 1.807) is 6.07 Å². The van der Waals surface area contributed by atoms with Gasteiger partial charge in [0.15, 0.2) is 0 Å². The Morgan fingerprint density at radius 2 is 2.38 bits per heavy atom. The fourth-order valence-electron chi connectivity index (χ4n) is 1.45. The van der Waals surface area contributed by atoms with Gasteiger partial charge in [0, 0.05) is 16.3 Å². The summed E-state index contributed by atoms with van der Waals surface area (Å²) in [6.07, 6.45) is 1.05. The summed E-state index contributed by atoms with van der Waals surface area (Å²) in [6, 6.07) is 4.41. The molecule has 0 aromatic heterocycles. The second-order valence-corrected chi connectivity index (χ2v) is 4.66.